The van der Waals surface area contributed by atoms with Gasteiger partial charge in [0.2, 0.25) is 0 Å². The first-order valence-corrected chi connectivity index (χ1v) is 11.7. The van der Waals surface area contributed by atoms with Crippen LogP contribution in [-0.4, -0.2) is 77.1 Å². The highest BCUT2D eigenvalue weighted by molar-refractivity contribution is 5.73. The van der Waals surface area contributed by atoms with Gasteiger partial charge in [-0.15, -0.1) is 0 Å². The molecule has 1 unspecified atom stereocenters. The van der Waals surface area contributed by atoms with Gasteiger partial charge < -0.3 is 10.2 Å². The van der Waals surface area contributed by atoms with Gasteiger partial charge in [0.05, 0.1) is 0 Å². The third-order valence-corrected chi connectivity index (χ3v) is 5.61. The number of carboxylic acids is 2. The average molecular weight is 584 g/mol. The second kappa shape index (κ2) is 13.2. The molecule has 10 nitrogen and oxygen atoms in total. The first-order chi connectivity index (χ1) is 19.2. The lowest BCUT2D eigenvalue weighted by atomic mass is 10.1. The first-order valence-electron chi connectivity index (χ1n) is 11.7. The number of fused-ring (bicyclic) bond motifs is 1. The summed E-state index contributed by atoms with van der Waals surface area (Å²) < 4.78 is 65.4. The summed E-state index contributed by atoms with van der Waals surface area (Å²) in [5, 5.41) is 19.0. The Bertz CT molecular complexity index is 1420. The maximum absolute atomic E-state index is 10.6. The fourth-order valence-corrected chi connectivity index (χ4v) is 3.73. The lowest BCUT2D eigenvalue weighted by Gasteiger charge is -2.14. The van der Waals surface area contributed by atoms with E-state index in [0.29, 0.717) is 5.92 Å². The van der Waals surface area contributed by atoms with Crippen molar-refractivity contribution in [3.05, 3.63) is 78.8 Å². The summed E-state index contributed by atoms with van der Waals surface area (Å²) in [6, 6.07) is 12.3. The highest BCUT2D eigenvalue weighted by Crippen LogP contribution is 2.27. The summed E-state index contributed by atoms with van der Waals surface area (Å²) in [5.41, 5.74) is 4.40. The van der Waals surface area contributed by atoms with Crippen LogP contribution in [0, 0.1) is 0 Å². The van der Waals surface area contributed by atoms with Crippen molar-refractivity contribution in [1.29, 1.82) is 0 Å². The molecule has 4 aromatic rings. The van der Waals surface area contributed by atoms with E-state index in [9.17, 15) is 26.3 Å². The minimum atomic E-state index is -5.08. The number of halogens is 6. The fraction of sp³-hybridized carbons (Fsp3) is 0.280. The number of alkyl halides is 6. The van der Waals surface area contributed by atoms with E-state index in [1.807, 2.05) is 59.8 Å². The molecule has 0 aromatic carbocycles. The Labute approximate surface area is 227 Å². The van der Waals surface area contributed by atoms with E-state index in [0.717, 1.165) is 48.7 Å². The Morgan fingerprint density at radius 1 is 0.878 bits per heavy atom. The average Bonchev–Trinajstić information content (AvgIpc) is 3.56. The zero-order valence-corrected chi connectivity index (χ0v) is 20.9. The topological polar surface area (TPSA) is 134 Å². The number of carboxylic acid groups (broad SMARTS) is 2. The molecule has 0 bridgehead atoms. The summed E-state index contributed by atoms with van der Waals surface area (Å²) in [6.45, 7) is 2.99. The number of pyridine rings is 3. The molecule has 0 aliphatic carbocycles. The van der Waals surface area contributed by atoms with Crippen LogP contribution >= 0.6 is 0 Å². The van der Waals surface area contributed by atoms with Gasteiger partial charge in [-0.25, -0.2) is 19.1 Å². The van der Waals surface area contributed by atoms with E-state index in [2.05, 4.69) is 27.0 Å². The van der Waals surface area contributed by atoms with E-state index < -0.39 is 24.3 Å². The number of likely N-dealkylation sites (tertiary alicyclic amines) is 1. The Balaban J connectivity index is 0.000000276. The number of aromatic nitrogens is 5. The summed E-state index contributed by atoms with van der Waals surface area (Å²) in [7, 11) is 0. The van der Waals surface area contributed by atoms with Crippen molar-refractivity contribution >= 4 is 17.6 Å². The third kappa shape index (κ3) is 9.23. The number of rotatable bonds is 4. The van der Waals surface area contributed by atoms with Crippen LogP contribution in [0.1, 0.15) is 23.7 Å². The molecule has 0 radical (unpaired) electrons. The second-order valence-electron chi connectivity index (χ2n) is 8.61. The van der Waals surface area contributed by atoms with E-state index in [1.165, 1.54) is 5.56 Å². The summed E-state index contributed by atoms with van der Waals surface area (Å²) >= 11 is 0. The van der Waals surface area contributed by atoms with Crippen LogP contribution < -0.4 is 0 Å². The monoisotopic (exact) mass is 584 g/mol. The van der Waals surface area contributed by atoms with Crippen LogP contribution in [0.4, 0.5) is 26.3 Å². The molecule has 1 saturated heterocycles. The summed E-state index contributed by atoms with van der Waals surface area (Å²) in [6.07, 6.45) is 0.343. The lowest BCUT2D eigenvalue weighted by Crippen LogP contribution is -2.21. The van der Waals surface area contributed by atoms with Gasteiger partial charge in [-0.1, -0.05) is 6.07 Å². The van der Waals surface area contributed by atoms with Crippen LogP contribution in [0.3, 0.4) is 0 Å². The van der Waals surface area contributed by atoms with Crippen LogP contribution in [0.5, 0.6) is 0 Å². The van der Waals surface area contributed by atoms with Gasteiger partial charge in [0, 0.05) is 55.6 Å². The van der Waals surface area contributed by atoms with Crippen molar-refractivity contribution in [3.8, 4) is 11.1 Å². The molecule has 41 heavy (non-hydrogen) atoms. The summed E-state index contributed by atoms with van der Waals surface area (Å²) in [4.78, 5) is 33.3. The zero-order chi connectivity index (χ0) is 30.2. The van der Waals surface area contributed by atoms with Crippen molar-refractivity contribution in [1.82, 2.24) is 29.5 Å². The number of hydrogen-bond acceptors (Lipinski definition) is 7. The lowest BCUT2D eigenvalue weighted by molar-refractivity contribution is -0.193. The predicted octanol–water partition coefficient (Wildman–Crippen LogP) is 4.44. The molecule has 4 aromatic heterocycles. The molecule has 0 spiro atoms. The Hall–Kier alpha value is -4.60. The normalized spacial score (nSPS) is 15.4. The third-order valence-electron chi connectivity index (χ3n) is 5.61. The minimum Gasteiger partial charge on any atom is -0.475 e. The maximum Gasteiger partial charge on any atom is 0.490 e. The zero-order valence-electron chi connectivity index (χ0n) is 20.9. The number of hydrogen-bond donors (Lipinski definition) is 2. The second-order valence-corrected chi connectivity index (χ2v) is 8.61. The van der Waals surface area contributed by atoms with Crippen LogP contribution in [0.15, 0.2) is 67.4 Å². The largest absolute Gasteiger partial charge is 0.490 e. The molecule has 1 fully saturated rings. The maximum atomic E-state index is 10.6. The molecule has 1 atom stereocenters. The molecule has 218 valence electrons. The Morgan fingerprint density at radius 2 is 1.51 bits per heavy atom. The molecule has 5 rings (SSSR count). The Morgan fingerprint density at radius 3 is 2.07 bits per heavy atom. The van der Waals surface area contributed by atoms with Crippen LogP contribution in [0.2, 0.25) is 0 Å². The van der Waals surface area contributed by atoms with Gasteiger partial charge >= 0.3 is 24.3 Å². The van der Waals surface area contributed by atoms with E-state index in [1.54, 1.807) is 0 Å². The molecule has 5 heterocycles. The molecule has 1 aliphatic rings. The van der Waals surface area contributed by atoms with Gasteiger partial charge in [0.25, 0.3) is 0 Å². The molecule has 1 aliphatic heterocycles. The molecule has 2 N–H and O–H groups in total. The fourth-order valence-electron chi connectivity index (χ4n) is 3.73. The van der Waals surface area contributed by atoms with Gasteiger partial charge in [-0.3, -0.25) is 14.9 Å². The van der Waals surface area contributed by atoms with Crippen molar-refractivity contribution in [2.75, 3.05) is 13.1 Å². The first kappa shape index (κ1) is 30.9. The highest BCUT2D eigenvalue weighted by Gasteiger charge is 2.38. The van der Waals surface area contributed by atoms with Gasteiger partial charge in [-0.05, 0) is 54.4 Å². The van der Waals surface area contributed by atoms with Crippen molar-refractivity contribution in [3.63, 3.8) is 0 Å². The number of aliphatic carboxylic acids is 2. The predicted molar refractivity (Wildman–Crippen MR) is 130 cm³/mol. The van der Waals surface area contributed by atoms with Gasteiger partial charge in [-0.2, -0.15) is 31.4 Å². The molecule has 0 amide bonds. The molecule has 0 saturated carbocycles. The van der Waals surface area contributed by atoms with E-state index >= 15 is 0 Å². The van der Waals surface area contributed by atoms with Crippen LogP contribution in [-0.2, 0) is 16.1 Å². The molecule has 16 heteroatoms. The van der Waals surface area contributed by atoms with Crippen molar-refractivity contribution in [2.45, 2.75) is 31.2 Å². The molecular weight excluding hydrogens is 562 g/mol. The van der Waals surface area contributed by atoms with Crippen LogP contribution in [0.25, 0.3) is 16.8 Å². The Kier molecular flexibility index (Phi) is 9.94. The van der Waals surface area contributed by atoms with Crippen molar-refractivity contribution < 1.29 is 46.1 Å². The number of carbonyl (C=O) groups is 2. The smallest absolute Gasteiger partial charge is 0.475 e. The SMILES string of the molecule is O=C(O)C(F)(F)F.O=C(O)C(F)(F)F.c1cncc(CN2CCC(c3nc4ccc(-c5ccncc5)cn4n3)C2)c1. The van der Waals surface area contributed by atoms with Gasteiger partial charge in [0.1, 0.15) is 0 Å². The number of nitrogens with zero attached hydrogens (tertiary/aromatic N) is 6. The van der Waals surface area contributed by atoms with Gasteiger partial charge in [0.15, 0.2) is 11.5 Å². The van der Waals surface area contributed by atoms with E-state index in [-0.39, 0.29) is 0 Å². The van der Waals surface area contributed by atoms with Crippen molar-refractivity contribution in [2.24, 2.45) is 0 Å². The quantitative estimate of drug-likeness (QED) is 0.334. The molecular formula is C25H22F6N6O4. The minimum absolute atomic E-state index is 0.381. The van der Waals surface area contributed by atoms with E-state index in [4.69, 9.17) is 29.9 Å². The summed E-state index contributed by atoms with van der Waals surface area (Å²) in [5.74, 6) is -4.19. The standard InChI is InChI=1S/C21H20N6.2C2HF3O2/c1-2-16(12-23-8-1)13-26-11-7-19(14-26)21-24-20-4-3-18(15-27(20)25-21)17-5-9-22-10-6-17;2*3-2(4,5)1(6)7/h1-6,8-10,12,15,19H,7,11,13-14H2;2*(H,6,7). The highest BCUT2D eigenvalue weighted by atomic mass is 19.4.